The van der Waals surface area contributed by atoms with Gasteiger partial charge in [0.15, 0.2) is 5.13 Å². The van der Waals surface area contributed by atoms with Crippen molar-refractivity contribution in [3.05, 3.63) is 11.1 Å². The minimum Gasteiger partial charge on any atom is -0.342 e. The average molecular weight is 348 g/mol. The number of urea groups is 1. The molecule has 0 radical (unpaired) electrons. The normalized spacial score (nSPS) is 27.1. The molecule has 1 aliphatic carbocycles. The van der Waals surface area contributed by atoms with E-state index in [1.165, 1.54) is 37.0 Å². The molecule has 6 nitrogen and oxygen atoms in total. The number of rotatable bonds is 3. The van der Waals surface area contributed by atoms with E-state index in [2.05, 4.69) is 10.3 Å². The Hall–Kier alpha value is -1.63. The number of nitrogens with one attached hydrogen (secondary N) is 1. The summed E-state index contributed by atoms with van der Waals surface area (Å²) in [5.41, 5.74) is 0.783. The van der Waals surface area contributed by atoms with Gasteiger partial charge in [0, 0.05) is 31.6 Å². The largest absolute Gasteiger partial charge is 0.342 e. The zero-order valence-corrected chi connectivity index (χ0v) is 14.7. The van der Waals surface area contributed by atoms with Gasteiger partial charge in [0.05, 0.1) is 12.1 Å². The smallest absolute Gasteiger partial charge is 0.323 e. The van der Waals surface area contributed by atoms with Crippen LogP contribution >= 0.6 is 11.3 Å². The van der Waals surface area contributed by atoms with Crippen LogP contribution in [0.25, 0.3) is 0 Å². The average Bonchev–Trinajstić information content (AvgIpc) is 3.23. The number of likely N-dealkylation sites (tertiary alicyclic amines) is 1. The van der Waals surface area contributed by atoms with Crippen molar-refractivity contribution in [3.8, 4) is 0 Å². The molecule has 0 spiro atoms. The van der Waals surface area contributed by atoms with Crippen LogP contribution in [0.1, 0.15) is 37.8 Å². The van der Waals surface area contributed by atoms with E-state index in [0.717, 1.165) is 31.1 Å². The number of nitrogens with zero attached hydrogens (tertiary/aromatic N) is 3. The molecular weight excluding hydrogens is 324 g/mol. The highest BCUT2D eigenvalue weighted by Gasteiger charge is 2.33. The molecule has 3 aliphatic rings. The van der Waals surface area contributed by atoms with Gasteiger partial charge in [-0.3, -0.25) is 9.69 Å². The lowest BCUT2D eigenvalue weighted by Gasteiger charge is -2.41. The Kier molecular flexibility index (Phi) is 4.43. The van der Waals surface area contributed by atoms with Gasteiger partial charge in [-0.25, -0.2) is 9.78 Å². The van der Waals surface area contributed by atoms with Crippen molar-refractivity contribution in [1.29, 1.82) is 0 Å². The Morgan fingerprint density at radius 1 is 1.25 bits per heavy atom. The quantitative estimate of drug-likeness (QED) is 0.911. The molecule has 0 aromatic carbocycles. The predicted octanol–water partition coefficient (Wildman–Crippen LogP) is 2.25. The molecule has 0 unspecified atom stereocenters. The van der Waals surface area contributed by atoms with Crippen LogP contribution in [-0.4, -0.2) is 48.0 Å². The third-order valence-corrected chi connectivity index (χ3v) is 6.52. The second-order valence-electron chi connectivity index (χ2n) is 7.11. The van der Waals surface area contributed by atoms with Crippen molar-refractivity contribution >= 4 is 28.4 Å². The molecule has 1 N–H and O–H groups in total. The summed E-state index contributed by atoms with van der Waals surface area (Å²) in [5.74, 6) is 1.72. The number of anilines is 1. The van der Waals surface area contributed by atoms with Crippen molar-refractivity contribution in [1.82, 2.24) is 15.2 Å². The van der Waals surface area contributed by atoms with Gasteiger partial charge in [0.1, 0.15) is 0 Å². The summed E-state index contributed by atoms with van der Waals surface area (Å²) in [6.45, 7) is 3.12. The van der Waals surface area contributed by atoms with Gasteiger partial charge in [-0.05, 0) is 24.7 Å². The Morgan fingerprint density at radius 2 is 2.08 bits per heavy atom. The van der Waals surface area contributed by atoms with Gasteiger partial charge in [-0.1, -0.05) is 19.3 Å². The first-order chi connectivity index (χ1) is 11.7. The van der Waals surface area contributed by atoms with Crippen molar-refractivity contribution in [2.24, 2.45) is 11.8 Å². The van der Waals surface area contributed by atoms with Crippen molar-refractivity contribution in [3.63, 3.8) is 0 Å². The summed E-state index contributed by atoms with van der Waals surface area (Å²) >= 11 is 1.44. The third kappa shape index (κ3) is 3.14. The number of fused-ring (bicyclic) bond motifs is 1. The first kappa shape index (κ1) is 15.9. The summed E-state index contributed by atoms with van der Waals surface area (Å²) < 4.78 is 0. The Morgan fingerprint density at radius 3 is 2.88 bits per heavy atom. The second kappa shape index (κ2) is 6.70. The van der Waals surface area contributed by atoms with E-state index in [-0.39, 0.29) is 11.9 Å². The van der Waals surface area contributed by atoms with Crippen LogP contribution in [0.2, 0.25) is 0 Å². The van der Waals surface area contributed by atoms with Crippen molar-refractivity contribution in [2.45, 2.75) is 38.5 Å². The fourth-order valence-corrected chi connectivity index (χ4v) is 5.10. The number of thiazole rings is 1. The number of hydrogen-bond acceptors (Lipinski definition) is 4. The van der Waals surface area contributed by atoms with Gasteiger partial charge < -0.3 is 10.2 Å². The molecule has 4 rings (SSSR count). The first-order valence-corrected chi connectivity index (χ1v) is 9.86. The summed E-state index contributed by atoms with van der Waals surface area (Å²) in [6, 6.07) is -0.0957. The van der Waals surface area contributed by atoms with Crippen molar-refractivity contribution in [2.75, 3.05) is 31.1 Å². The zero-order chi connectivity index (χ0) is 16.5. The molecule has 7 heteroatoms. The highest BCUT2D eigenvalue weighted by atomic mass is 32.1. The minimum atomic E-state index is -0.0957. The molecule has 24 heavy (non-hydrogen) atoms. The van der Waals surface area contributed by atoms with Gasteiger partial charge in [-0.15, -0.1) is 11.3 Å². The summed E-state index contributed by atoms with van der Waals surface area (Å²) in [6.07, 6.45) is 6.81. The number of piperidine rings is 1. The summed E-state index contributed by atoms with van der Waals surface area (Å²) in [5, 5.41) is 5.38. The Balaban J connectivity index is 1.36. The van der Waals surface area contributed by atoms with Gasteiger partial charge in [-0.2, -0.15) is 0 Å². The summed E-state index contributed by atoms with van der Waals surface area (Å²) in [7, 11) is 0. The number of hydrogen-bond donors (Lipinski definition) is 1. The van der Waals surface area contributed by atoms with E-state index in [4.69, 9.17) is 0 Å². The number of carbonyl (C=O) groups is 2. The molecule has 3 heterocycles. The van der Waals surface area contributed by atoms with Crippen LogP contribution in [0.5, 0.6) is 0 Å². The highest BCUT2D eigenvalue weighted by molar-refractivity contribution is 7.14. The maximum atomic E-state index is 12.6. The lowest BCUT2D eigenvalue weighted by Crippen LogP contribution is -2.45. The Bertz CT molecular complexity index is 632. The van der Waals surface area contributed by atoms with E-state index >= 15 is 0 Å². The highest BCUT2D eigenvalue weighted by Crippen LogP contribution is 2.36. The number of carbonyl (C=O) groups excluding carboxylic acids is 2. The maximum Gasteiger partial charge on any atom is 0.323 e. The second-order valence-corrected chi connectivity index (χ2v) is 7.95. The standard InChI is InChI=1S/C17H24N4O2S/c22-15(20-7-5-12-3-1-2-4-13(12)10-20)9-14-11-24-17(19-14)21-8-6-18-16(21)23/h11-13H,1-10H2,(H,18,23)/t12-,13+/m1/s1. The molecule has 130 valence electrons. The third-order valence-electron chi connectivity index (χ3n) is 5.60. The van der Waals surface area contributed by atoms with E-state index in [9.17, 15) is 9.59 Å². The molecule has 2 atom stereocenters. The molecule has 1 saturated carbocycles. The molecule has 1 aromatic heterocycles. The minimum absolute atomic E-state index is 0.0957. The predicted molar refractivity (Wildman–Crippen MR) is 93.2 cm³/mol. The van der Waals surface area contributed by atoms with Crippen molar-refractivity contribution < 1.29 is 9.59 Å². The fraction of sp³-hybridized carbons (Fsp3) is 0.706. The molecule has 2 saturated heterocycles. The number of amides is 3. The van der Waals surface area contributed by atoms with Crippen LogP contribution in [-0.2, 0) is 11.2 Å². The number of aromatic nitrogens is 1. The van der Waals surface area contributed by atoms with E-state index in [0.29, 0.717) is 30.6 Å². The molecule has 3 fully saturated rings. The van der Waals surface area contributed by atoms with E-state index < -0.39 is 0 Å². The van der Waals surface area contributed by atoms with Crippen LogP contribution in [0, 0.1) is 11.8 Å². The van der Waals surface area contributed by atoms with Gasteiger partial charge in [0.25, 0.3) is 0 Å². The van der Waals surface area contributed by atoms with Crippen LogP contribution in [0.15, 0.2) is 5.38 Å². The molecular formula is C17H24N4O2S. The fourth-order valence-electron chi connectivity index (χ4n) is 4.25. The zero-order valence-electron chi connectivity index (χ0n) is 13.9. The molecule has 1 aromatic rings. The first-order valence-electron chi connectivity index (χ1n) is 8.98. The van der Waals surface area contributed by atoms with E-state index in [1.54, 1.807) is 4.90 Å². The summed E-state index contributed by atoms with van der Waals surface area (Å²) in [4.78, 5) is 32.5. The monoisotopic (exact) mass is 348 g/mol. The lowest BCUT2D eigenvalue weighted by molar-refractivity contribution is -0.133. The maximum absolute atomic E-state index is 12.6. The van der Waals surface area contributed by atoms with Crippen LogP contribution < -0.4 is 10.2 Å². The molecule has 3 amide bonds. The molecule has 0 bridgehead atoms. The van der Waals surface area contributed by atoms with E-state index in [1.807, 2.05) is 10.3 Å². The lowest BCUT2D eigenvalue weighted by atomic mass is 9.75. The van der Waals surface area contributed by atoms with Crippen LogP contribution in [0.4, 0.5) is 9.93 Å². The van der Waals surface area contributed by atoms with Crippen LogP contribution in [0.3, 0.4) is 0 Å². The van der Waals surface area contributed by atoms with Gasteiger partial charge in [0.2, 0.25) is 5.91 Å². The Labute approximate surface area is 146 Å². The topological polar surface area (TPSA) is 65.5 Å². The van der Waals surface area contributed by atoms with Gasteiger partial charge >= 0.3 is 6.03 Å². The SMILES string of the molecule is O=C(Cc1csc(N2CCNC2=O)n1)N1CC[C@H]2CCCC[C@H]2C1. The molecule has 2 aliphatic heterocycles.